The molecule has 0 rings (SSSR count). The molecule has 0 saturated heterocycles. The number of carbonyl (C=O) groups excluding carboxylic acids is 2. The molecule has 1 amide bonds. The van der Waals surface area contributed by atoms with Crippen molar-refractivity contribution in [1.82, 2.24) is 5.32 Å². The molecular weight excluding hydrogens is 1050 g/mol. The average Bonchev–Trinajstić information content (AvgIpc) is 3.51. The Kier molecular flexibility index (Phi) is 61.0. The fraction of sp³-hybridized carbons (Fsp3) is 0.836. The highest BCUT2D eigenvalue weighted by atomic mass is 31.2. The zero-order valence-corrected chi connectivity index (χ0v) is 56.6. The second kappa shape index (κ2) is 62.8. The summed E-state index contributed by atoms with van der Waals surface area (Å²) in [4.78, 5) is 37.9. The van der Waals surface area contributed by atoms with Gasteiger partial charge in [0, 0.05) is 12.8 Å². The molecule has 3 unspecified atom stereocenters. The Balaban J connectivity index is 4.97. The summed E-state index contributed by atoms with van der Waals surface area (Å²) < 4.78 is 30.8. The molecule has 0 saturated carbocycles. The molecule has 0 radical (unpaired) electrons. The maximum atomic E-state index is 13.6. The lowest BCUT2D eigenvalue weighted by Crippen LogP contribution is -2.47. The van der Waals surface area contributed by atoms with Crippen molar-refractivity contribution in [2.24, 2.45) is 0 Å². The zero-order valence-electron chi connectivity index (χ0n) is 55.7. The third kappa shape index (κ3) is 64.0. The van der Waals surface area contributed by atoms with Crippen molar-refractivity contribution in [2.75, 3.05) is 40.9 Å². The lowest BCUT2D eigenvalue weighted by molar-refractivity contribution is -0.870. The van der Waals surface area contributed by atoms with Crippen LogP contribution in [0.1, 0.15) is 342 Å². The predicted octanol–water partition coefficient (Wildman–Crippen LogP) is 22.6. The van der Waals surface area contributed by atoms with Crippen LogP contribution in [-0.4, -0.2) is 74.3 Å². The molecule has 0 heterocycles. The summed E-state index contributed by atoms with van der Waals surface area (Å²) in [6.45, 7) is 7.00. The number of ether oxygens (including phenoxy) is 1. The van der Waals surface area contributed by atoms with Crippen LogP contribution in [0.25, 0.3) is 0 Å². The normalized spacial score (nSPS) is 13.9. The number of nitrogens with zero attached hydrogens (tertiary/aromatic N) is 1. The molecule has 0 aromatic heterocycles. The van der Waals surface area contributed by atoms with E-state index in [4.69, 9.17) is 13.8 Å². The first-order valence-corrected chi connectivity index (χ1v) is 37.1. The monoisotopic (exact) mass is 1190 g/mol. The fourth-order valence-corrected chi connectivity index (χ4v) is 11.2. The Labute approximate surface area is 515 Å². The number of allylic oxidation sites excluding steroid dienone is 9. The first kappa shape index (κ1) is 80.7. The molecule has 3 atom stereocenters. The van der Waals surface area contributed by atoms with Crippen LogP contribution in [0.3, 0.4) is 0 Å². The van der Waals surface area contributed by atoms with Crippen molar-refractivity contribution in [3.8, 4) is 0 Å². The van der Waals surface area contributed by atoms with E-state index in [1.165, 1.54) is 238 Å². The van der Waals surface area contributed by atoms with Gasteiger partial charge in [-0.3, -0.25) is 18.6 Å². The Morgan fingerprint density at radius 3 is 1.11 bits per heavy atom. The lowest BCUT2D eigenvalue weighted by Gasteiger charge is -2.27. The molecule has 0 aromatic carbocycles. The number of esters is 1. The molecule has 2 N–H and O–H groups in total. The van der Waals surface area contributed by atoms with Gasteiger partial charge in [0.2, 0.25) is 5.91 Å². The first-order valence-electron chi connectivity index (χ1n) is 35.6. The van der Waals surface area contributed by atoms with Crippen molar-refractivity contribution < 1.29 is 37.3 Å². The van der Waals surface area contributed by atoms with Gasteiger partial charge in [0.1, 0.15) is 19.3 Å². The van der Waals surface area contributed by atoms with Gasteiger partial charge in [-0.15, -0.1) is 0 Å². The minimum atomic E-state index is -4.45. The number of hydrogen-bond donors (Lipinski definition) is 2. The van der Waals surface area contributed by atoms with Crippen LogP contribution in [0.5, 0.6) is 0 Å². The van der Waals surface area contributed by atoms with E-state index in [2.05, 4.69) is 74.7 Å². The summed E-state index contributed by atoms with van der Waals surface area (Å²) in [6, 6.07) is -0.850. The summed E-state index contributed by atoms with van der Waals surface area (Å²) in [7, 11) is 1.50. The van der Waals surface area contributed by atoms with E-state index < -0.39 is 20.0 Å². The Hall–Kier alpha value is -2.29. The molecule has 0 aliphatic heterocycles. The van der Waals surface area contributed by atoms with E-state index in [1.807, 2.05) is 33.3 Å². The number of phosphoric acid groups is 1. The molecule has 9 nitrogen and oxygen atoms in total. The summed E-state index contributed by atoms with van der Waals surface area (Å²) in [5.41, 5.74) is 0. The maximum absolute atomic E-state index is 13.6. The van der Waals surface area contributed by atoms with Crippen LogP contribution in [0.15, 0.2) is 60.8 Å². The van der Waals surface area contributed by atoms with Crippen LogP contribution in [-0.2, 0) is 27.9 Å². The maximum Gasteiger partial charge on any atom is 0.472 e. The van der Waals surface area contributed by atoms with Crippen molar-refractivity contribution in [2.45, 2.75) is 354 Å². The number of hydrogen-bond acceptors (Lipinski definition) is 6. The van der Waals surface area contributed by atoms with E-state index in [0.29, 0.717) is 17.4 Å². The summed E-state index contributed by atoms with van der Waals surface area (Å²) >= 11 is 0. The molecule has 0 spiro atoms. The number of likely N-dealkylation sites (N-methyl/N-ethyl adjacent to an activating group) is 1. The highest BCUT2D eigenvalue weighted by Gasteiger charge is 2.30. The third-order valence-electron chi connectivity index (χ3n) is 15.9. The molecule has 83 heavy (non-hydrogen) atoms. The van der Waals surface area contributed by atoms with E-state index in [9.17, 15) is 19.0 Å². The van der Waals surface area contributed by atoms with Crippen LogP contribution in [0.4, 0.5) is 0 Å². The molecule has 0 aliphatic carbocycles. The number of phosphoric ester groups is 1. The molecule has 486 valence electrons. The van der Waals surface area contributed by atoms with E-state index in [-0.39, 0.29) is 31.5 Å². The number of rotatable bonds is 65. The second-order valence-electron chi connectivity index (χ2n) is 25.4. The number of nitrogens with one attached hydrogen (secondary N) is 1. The number of quaternary nitrogens is 1. The summed E-state index contributed by atoms with van der Waals surface area (Å²) in [5.74, 6) is -0.498. The van der Waals surface area contributed by atoms with E-state index >= 15 is 0 Å². The minimum absolute atomic E-state index is 0.0400. The van der Waals surface area contributed by atoms with Gasteiger partial charge < -0.3 is 19.4 Å². The van der Waals surface area contributed by atoms with Gasteiger partial charge in [0.05, 0.1) is 33.8 Å². The van der Waals surface area contributed by atoms with E-state index in [0.717, 1.165) is 70.6 Å². The van der Waals surface area contributed by atoms with Crippen LogP contribution in [0, 0.1) is 0 Å². The smallest absolute Gasteiger partial charge is 0.456 e. The molecule has 0 fully saturated rings. The predicted molar refractivity (Wildman–Crippen MR) is 360 cm³/mol. The molecule has 0 bridgehead atoms. The zero-order chi connectivity index (χ0) is 60.7. The Bertz CT molecular complexity index is 1600. The Morgan fingerprint density at radius 2 is 0.735 bits per heavy atom. The van der Waals surface area contributed by atoms with Crippen molar-refractivity contribution in [3.05, 3.63) is 60.8 Å². The minimum Gasteiger partial charge on any atom is -0.456 e. The van der Waals surface area contributed by atoms with Gasteiger partial charge >= 0.3 is 13.8 Å². The largest absolute Gasteiger partial charge is 0.472 e. The fourth-order valence-electron chi connectivity index (χ4n) is 10.4. The first-order chi connectivity index (χ1) is 40.4. The average molecular weight is 1190 g/mol. The van der Waals surface area contributed by atoms with Gasteiger partial charge in [-0.05, 0) is 96.0 Å². The number of amides is 1. The Morgan fingerprint density at radius 1 is 0.422 bits per heavy atom. The number of carbonyl (C=O) groups is 2. The summed E-state index contributed by atoms with van der Waals surface area (Å²) in [6.07, 6.45) is 80.9. The van der Waals surface area contributed by atoms with Crippen molar-refractivity contribution in [3.63, 3.8) is 0 Å². The lowest BCUT2D eigenvalue weighted by atomic mass is 10.0. The standard InChI is InChI=1S/C73H137N2O7P/c1-7-10-13-16-19-22-25-27-29-31-33-34-35-36-37-38-39-40-42-43-45-47-50-53-56-59-62-65-72(76)74-70(69-81-83(78,79)80-68-67-75(4,5)6)71(64-61-58-55-52-49-24-21-18-15-12-9-3)82-73(77)66-63-60-57-54-51-48-46-44-41-32-30-28-26-23-20-17-14-11-8-2/h19-20,22-23,27-30,61,64,70-71H,7-18,21,24-26,31-60,62-63,65-69H2,1-6H3,(H-,74,76,78,79)/p+1/b22-19-,23-20-,29-27-,30-28-,64-61-. The van der Waals surface area contributed by atoms with Crippen LogP contribution < -0.4 is 5.32 Å². The van der Waals surface area contributed by atoms with Gasteiger partial charge in [-0.1, -0.05) is 294 Å². The molecule has 0 aromatic rings. The number of unbranched alkanes of at least 4 members (excludes halogenated alkanes) is 41. The van der Waals surface area contributed by atoms with Gasteiger partial charge in [0.15, 0.2) is 0 Å². The van der Waals surface area contributed by atoms with Crippen LogP contribution >= 0.6 is 7.82 Å². The topological polar surface area (TPSA) is 111 Å². The second-order valence-corrected chi connectivity index (χ2v) is 26.9. The van der Waals surface area contributed by atoms with Crippen LogP contribution in [0.2, 0.25) is 0 Å². The summed E-state index contributed by atoms with van der Waals surface area (Å²) in [5, 5.41) is 3.07. The van der Waals surface area contributed by atoms with E-state index in [1.54, 1.807) is 0 Å². The quantitative estimate of drug-likeness (QED) is 0.0205. The van der Waals surface area contributed by atoms with Gasteiger partial charge in [-0.2, -0.15) is 0 Å². The van der Waals surface area contributed by atoms with Crippen molar-refractivity contribution >= 4 is 19.7 Å². The highest BCUT2D eigenvalue weighted by molar-refractivity contribution is 7.47. The molecular formula is C73H138N2O7P+. The molecule has 10 heteroatoms. The highest BCUT2D eigenvalue weighted by Crippen LogP contribution is 2.43. The SMILES string of the molecule is CCCCC/C=C\C/C=C\CCCCCCCCCCCCCCCCCCCC(=O)NC(COP(=O)(O)OCC[N+](C)(C)C)C(/C=C\CCCCCCCCCCC)OC(=O)CCCCCCCCCCC/C=C\C/C=C\CCCCC. The van der Waals surface area contributed by atoms with Gasteiger partial charge in [-0.25, -0.2) is 4.57 Å². The van der Waals surface area contributed by atoms with Crippen molar-refractivity contribution in [1.29, 1.82) is 0 Å². The molecule has 0 aliphatic rings. The van der Waals surface area contributed by atoms with Gasteiger partial charge in [0.25, 0.3) is 0 Å². The third-order valence-corrected chi connectivity index (χ3v) is 16.9.